The minimum Gasteiger partial charge on any atom is -0.472 e. The van der Waals surface area contributed by atoms with E-state index in [1.807, 2.05) is 42.6 Å². The van der Waals surface area contributed by atoms with E-state index in [1.165, 1.54) is 11.3 Å². The lowest BCUT2D eigenvalue weighted by Crippen LogP contribution is -2.38. The van der Waals surface area contributed by atoms with Gasteiger partial charge in [-0.2, -0.15) is 5.10 Å². The maximum absolute atomic E-state index is 12.2. The molecule has 26 heavy (non-hydrogen) atoms. The van der Waals surface area contributed by atoms with Crippen LogP contribution in [0.15, 0.2) is 65.6 Å². The molecular formula is C20H22N4O2. The third-order valence-electron chi connectivity index (χ3n) is 4.74. The van der Waals surface area contributed by atoms with Crippen molar-refractivity contribution in [3.63, 3.8) is 0 Å². The van der Waals surface area contributed by atoms with Gasteiger partial charge < -0.3 is 9.73 Å². The van der Waals surface area contributed by atoms with Gasteiger partial charge in [0.05, 0.1) is 24.3 Å². The number of amides is 1. The summed E-state index contributed by atoms with van der Waals surface area (Å²) >= 11 is 0. The third-order valence-corrected chi connectivity index (χ3v) is 4.74. The highest BCUT2D eigenvalue weighted by molar-refractivity contribution is 5.94. The van der Waals surface area contributed by atoms with Crippen molar-refractivity contribution in [2.75, 3.05) is 13.1 Å². The Morgan fingerprint density at radius 1 is 1.23 bits per heavy atom. The number of nitrogens with zero attached hydrogens (tertiary/aromatic N) is 3. The van der Waals surface area contributed by atoms with Crippen LogP contribution in [0.4, 0.5) is 0 Å². The van der Waals surface area contributed by atoms with E-state index in [0.29, 0.717) is 12.1 Å². The molecule has 3 aromatic rings. The van der Waals surface area contributed by atoms with E-state index < -0.39 is 0 Å². The molecule has 1 atom stereocenters. The van der Waals surface area contributed by atoms with Gasteiger partial charge in [0.1, 0.15) is 0 Å². The largest absolute Gasteiger partial charge is 0.472 e. The van der Waals surface area contributed by atoms with E-state index in [2.05, 4.69) is 26.1 Å². The van der Waals surface area contributed by atoms with Crippen LogP contribution in [-0.4, -0.2) is 33.7 Å². The summed E-state index contributed by atoms with van der Waals surface area (Å²) in [6.45, 7) is 3.25. The van der Waals surface area contributed by atoms with Gasteiger partial charge in [-0.3, -0.25) is 14.4 Å². The summed E-state index contributed by atoms with van der Waals surface area (Å²) in [4.78, 5) is 14.6. The van der Waals surface area contributed by atoms with Gasteiger partial charge in [0.15, 0.2) is 0 Å². The number of rotatable bonds is 6. The van der Waals surface area contributed by atoms with E-state index >= 15 is 0 Å². The molecule has 0 saturated heterocycles. The molecule has 4 rings (SSSR count). The number of furan rings is 1. The molecule has 1 aliphatic rings. The van der Waals surface area contributed by atoms with Crippen molar-refractivity contribution in [1.29, 1.82) is 0 Å². The predicted molar refractivity (Wildman–Crippen MR) is 97.5 cm³/mol. The highest BCUT2D eigenvalue weighted by Gasteiger charge is 2.25. The molecule has 6 nitrogen and oxygen atoms in total. The predicted octanol–water partition coefficient (Wildman–Crippen LogP) is 2.85. The molecule has 1 N–H and O–H groups in total. The Morgan fingerprint density at radius 2 is 2.12 bits per heavy atom. The van der Waals surface area contributed by atoms with Crippen molar-refractivity contribution in [1.82, 2.24) is 20.0 Å². The lowest BCUT2D eigenvalue weighted by atomic mass is 10.1. The Kier molecular flexibility index (Phi) is 4.84. The number of carbonyl (C=O) groups excluding carboxylic acids is 1. The van der Waals surface area contributed by atoms with Gasteiger partial charge in [0, 0.05) is 43.5 Å². The lowest BCUT2D eigenvalue weighted by Gasteiger charge is -2.33. The van der Waals surface area contributed by atoms with Crippen LogP contribution in [0.5, 0.6) is 0 Å². The lowest BCUT2D eigenvalue weighted by molar-refractivity contribution is 0.0947. The van der Waals surface area contributed by atoms with Crippen LogP contribution in [-0.2, 0) is 13.1 Å². The number of aromatic nitrogens is 2. The highest BCUT2D eigenvalue weighted by atomic mass is 16.3. The first-order valence-electron chi connectivity index (χ1n) is 8.88. The molecule has 0 aliphatic carbocycles. The van der Waals surface area contributed by atoms with Crippen LogP contribution in [0.3, 0.4) is 0 Å². The fourth-order valence-corrected chi connectivity index (χ4v) is 3.48. The van der Waals surface area contributed by atoms with E-state index in [-0.39, 0.29) is 11.9 Å². The quantitative estimate of drug-likeness (QED) is 0.742. The number of nitrogens with one attached hydrogen (secondary N) is 1. The minimum absolute atomic E-state index is 0.0302. The normalized spacial score (nSPS) is 17.0. The van der Waals surface area contributed by atoms with Gasteiger partial charge in [0.2, 0.25) is 0 Å². The second-order valence-electron chi connectivity index (χ2n) is 6.63. The fraction of sp³-hybridized carbons (Fsp3) is 0.300. The average Bonchev–Trinajstić information content (AvgIpc) is 3.34. The summed E-state index contributed by atoms with van der Waals surface area (Å²) in [5.41, 5.74) is 3.07. The zero-order valence-corrected chi connectivity index (χ0v) is 14.5. The number of carbonyl (C=O) groups is 1. The van der Waals surface area contributed by atoms with Gasteiger partial charge in [-0.05, 0) is 30.7 Å². The smallest absolute Gasteiger partial charge is 0.251 e. The molecule has 0 radical (unpaired) electrons. The first-order chi connectivity index (χ1) is 12.8. The van der Waals surface area contributed by atoms with Crippen molar-refractivity contribution < 1.29 is 9.21 Å². The molecule has 0 fully saturated rings. The zero-order chi connectivity index (χ0) is 17.8. The van der Waals surface area contributed by atoms with Gasteiger partial charge in [0.25, 0.3) is 5.91 Å². The van der Waals surface area contributed by atoms with E-state index in [1.54, 1.807) is 12.5 Å². The van der Waals surface area contributed by atoms with E-state index in [9.17, 15) is 4.79 Å². The minimum atomic E-state index is -0.0302. The Morgan fingerprint density at radius 3 is 2.92 bits per heavy atom. The first-order valence-corrected chi connectivity index (χ1v) is 8.88. The number of benzene rings is 1. The summed E-state index contributed by atoms with van der Waals surface area (Å²) in [6.07, 6.45) is 6.20. The molecule has 1 aliphatic heterocycles. The van der Waals surface area contributed by atoms with Gasteiger partial charge >= 0.3 is 0 Å². The van der Waals surface area contributed by atoms with Crippen molar-refractivity contribution in [2.24, 2.45) is 0 Å². The Bertz CT molecular complexity index is 842. The fourth-order valence-electron chi connectivity index (χ4n) is 3.48. The van der Waals surface area contributed by atoms with Crippen LogP contribution >= 0.6 is 0 Å². The standard InChI is InChI=1S/C20H22N4O2/c25-20(17-4-2-1-3-5-17)21-9-6-18-13-23(12-16-8-11-26-15-16)14-19-7-10-22-24(18)19/h1-5,7-8,10-11,15,18H,6,9,12-14H2,(H,21,25). The molecule has 3 heterocycles. The first kappa shape index (κ1) is 16.6. The number of fused-ring (bicyclic) bond motifs is 1. The molecule has 134 valence electrons. The second kappa shape index (κ2) is 7.58. The Balaban J connectivity index is 1.37. The maximum Gasteiger partial charge on any atom is 0.251 e. The topological polar surface area (TPSA) is 63.3 Å². The molecule has 6 heteroatoms. The summed E-state index contributed by atoms with van der Waals surface area (Å²) in [6, 6.07) is 13.6. The van der Waals surface area contributed by atoms with Crippen LogP contribution in [0.1, 0.15) is 34.1 Å². The summed E-state index contributed by atoms with van der Waals surface area (Å²) in [5.74, 6) is -0.0302. The average molecular weight is 350 g/mol. The van der Waals surface area contributed by atoms with Crippen LogP contribution in [0.25, 0.3) is 0 Å². The van der Waals surface area contributed by atoms with E-state index in [4.69, 9.17) is 4.42 Å². The van der Waals surface area contributed by atoms with Gasteiger partial charge in [-0.15, -0.1) is 0 Å². The zero-order valence-electron chi connectivity index (χ0n) is 14.5. The highest BCUT2D eigenvalue weighted by Crippen LogP contribution is 2.24. The molecule has 0 bridgehead atoms. The molecule has 1 amide bonds. The Labute approximate surface area is 152 Å². The van der Waals surface area contributed by atoms with Crippen LogP contribution < -0.4 is 5.32 Å². The SMILES string of the molecule is O=C(NCCC1CN(Cc2ccoc2)Cc2ccnn21)c1ccccc1. The van der Waals surface area contributed by atoms with E-state index in [0.717, 1.165) is 26.1 Å². The second-order valence-corrected chi connectivity index (χ2v) is 6.63. The summed E-state index contributed by atoms with van der Waals surface area (Å²) in [7, 11) is 0. The third kappa shape index (κ3) is 3.70. The summed E-state index contributed by atoms with van der Waals surface area (Å²) < 4.78 is 7.28. The van der Waals surface area contributed by atoms with Crippen LogP contribution in [0.2, 0.25) is 0 Å². The van der Waals surface area contributed by atoms with Crippen molar-refractivity contribution in [3.05, 3.63) is 78.0 Å². The molecule has 0 spiro atoms. The molecular weight excluding hydrogens is 328 g/mol. The molecule has 1 aromatic carbocycles. The molecule has 1 unspecified atom stereocenters. The van der Waals surface area contributed by atoms with Crippen molar-refractivity contribution in [3.8, 4) is 0 Å². The van der Waals surface area contributed by atoms with Gasteiger partial charge in [-0.1, -0.05) is 18.2 Å². The summed E-state index contributed by atoms with van der Waals surface area (Å²) in [5, 5.41) is 7.50. The van der Waals surface area contributed by atoms with Crippen LogP contribution in [0, 0.1) is 0 Å². The molecule has 0 saturated carbocycles. The molecule has 2 aromatic heterocycles. The van der Waals surface area contributed by atoms with Crippen molar-refractivity contribution in [2.45, 2.75) is 25.6 Å². The number of hydrogen-bond donors (Lipinski definition) is 1. The van der Waals surface area contributed by atoms with Gasteiger partial charge in [-0.25, -0.2) is 0 Å². The maximum atomic E-state index is 12.2. The monoisotopic (exact) mass is 350 g/mol. The Hall–Kier alpha value is -2.86. The van der Waals surface area contributed by atoms with Crippen molar-refractivity contribution >= 4 is 5.91 Å². The number of hydrogen-bond acceptors (Lipinski definition) is 4.